The van der Waals surface area contributed by atoms with Crippen molar-refractivity contribution in [1.29, 1.82) is 0 Å². The number of hydrogen-bond donors (Lipinski definition) is 2. The van der Waals surface area contributed by atoms with E-state index in [0.717, 1.165) is 25.7 Å². The first kappa shape index (κ1) is 15.1. The summed E-state index contributed by atoms with van der Waals surface area (Å²) in [6.07, 6.45) is 10.4. The van der Waals surface area contributed by atoms with Gasteiger partial charge in [0.1, 0.15) is 5.41 Å². The lowest BCUT2D eigenvalue weighted by Gasteiger charge is -2.35. The summed E-state index contributed by atoms with van der Waals surface area (Å²) in [7, 11) is 1.89. The third-order valence-corrected chi connectivity index (χ3v) is 5.16. The number of amides is 1. The molecule has 2 rings (SSSR count). The van der Waals surface area contributed by atoms with Crippen LogP contribution in [0.2, 0.25) is 0 Å². The predicted molar refractivity (Wildman–Crippen MR) is 78.6 cm³/mol. The molecule has 0 aromatic heterocycles. The SMILES string of the molecule is CN(C(=O)C1(C(N)=NO)CCCC1)C1CCCCCC1. The number of carbonyl (C=O) groups is 1. The van der Waals surface area contributed by atoms with Crippen LogP contribution in [-0.2, 0) is 4.79 Å². The molecule has 2 saturated carbocycles. The third-order valence-electron chi connectivity index (χ3n) is 5.16. The molecule has 0 spiro atoms. The number of oxime groups is 1. The monoisotopic (exact) mass is 281 g/mol. The van der Waals surface area contributed by atoms with Gasteiger partial charge in [-0.2, -0.15) is 0 Å². The Morgan fingerprint density at radius 2 is 1.70 bits per heavy atom. The van der Waals surface area contributed by atoms with E-state index in [2.05, 4.69) is 5.16 Å². The van der Waals surface area contributed by atoms with Gasteiger partial charge >= 0.3 is 0 Å². The normalized spacial score (nSPS) is 24.4. The maximum Gasteiger partial charge on any atom is 0.236 e. The number of nitrogens with zero attached hydrogens (tertiary/aromatic N) is 2. The largest absolute Gasteiger partial charge is 0.409 e. The zero-order valence-electron chi connectivity index (χ0n) is 12.5. The minimum Gasteiger partial charge on any atom is -0.409 e. The first-order chi connectivity index (χ1) is 9.62. The molecule has 20 heavy (non-hydrogen) atoms. The van der Waals surface area contributed by atoms with Crippen molar-refractivity contribution in [3.63, 3.8) is 0 Å². The van der Waals surface area contributed by atoms with Gasteiger partial charge in [0.25, 0.3) is 0 Å². The van der Waals surface area contributed by atoms with E-state index >= 15 is 0 Å². The van der Waals surface area contributed by atoms with Gasteiger partial charge in [-0.3, -0.25) is 4.79 Å². The van der Waals surface area contributed by atoms with Crippen LogP contribution in [0.3, 0.4) is 0 Å². The lowest BCUT2D eigenvalue weighted by Crippen LogP contribution is -2.51. The van der Waals surface area contributed by atoms with Gasteiger partial charge in [-0.1, -0.05) is 43.7 Å². The highest BCUT2D eigenvalue weighted by Gasteiger charge is 2.47. The maximum absolute atomic E-state index is 12.9. The molecule has 0 radical (unpaired) electrons. The van der Waals surface area contributed by atoms with E-state index in [1.54, 1.807) is 0 Å². The van der Waals surface area contributed by atoms with Crippen LogP contribution >= 0.6 is 0 Å². The van der Waals surface area contributed by atoms with Gasteiger partial charge in [0.2, 0.25) is 5.91 Å². The van der Waals surface area contributed by atoms with Crippen LogP contribution in [0.25, 0.3) is 0 Å². The van der Waals surface area contributed by atoms with Crippen molar-refractivity contribution in [2.45, 2.75) is 70.3 Å². The Bertz CT molecular complexity index is 367. The van der Waals surface area contributed by atoms with E-state index < -0.39 is 5.41 Å². The van der Waals surface area contributed by atoms with Crippen molar-refractivity contribution in [1.82, 2.24) is 4.90 Å². The Labute approximate surface area is 121 Å². The average molecular weight is 281 g/mol. The van der Waals surface area contributed by atoms with Crippen molar-refractivity contribution in [3.05, 3.63) is 0 Å². The molecule has 0 bridgehead atoms. The van der Waals surface area contributed by atoms with Crippen molar-refractivity contribution >= 4 is 11.7 Å². The Kier molecular flexibility index (Phi) is 4.89. The van der Waals surface area contributed by atoms with Crippen LogP contribution in [0.15, 0.2) is 5.16 Å². The fourth-order valence-electron chi connectivity index (χ4n) is 3.80. The molecule has 1 amide bonds. The summed E-state index contributed by atoms with van der Waals surface area (Å²) in [4.78, 5) is 14.8. The summed E-state index contributed by atoms with van der Waals surface area (Å²) in [5.74, 6) is 0.151. The number of amidine groups is 1. The molecule has 0 aromatic rings. The highest BCUT2D eigenvalue weighted by Crippen LogP contribution is 2.40. The van der Waals surface area contributed by atoms with E-state index in [1.807, 2.05) is 11.9 Å². The van der Waals surface area contributed by atoms with Gasteiger partial charge in [0, 0.05) is 13.1 Å². The van der Waals surface area contributed by atoms with Crippen LogP contribution in [-0.4, -0.2) is 34.9 Å². The standard InChI is InChI=1S/C15H27N3O2/c1-18(12-8-4-2-3-5-9-12)14(19)15(13(16)17-20)10-6-7-11-15/h12,20H,2-11H2,1H3,(H2,16,17). The Morgan fingerprint density at radius 1 is 1.15 bits per heavy atom. The second-order valence-electron chi connectivity index (χ2n) is 6.34. The van der Waals surface area contributed by atoms with E-state index in [0.29, 0.717) is 18.9 Å². The Balaban J connectivity index is 2.14. The number of carbonyl (C=O) groups excluding carboxylic acids is 1. The molecular weight excluding hydrogens is 254 g/mol. The van der Waals surface area contributed by atoms with E-state index in [9.17, 15) is 4.79 Å². The topological polar surface area (TPSA) is 78.9 Å². The van der Waals surface area contributed by atoms with Gasteiger partial charge in [-0.25, -0.2) is 0 Å². The van der Waals surface area contributed by atoms with Gasteiger partial charge in [-0.15, -0.1) is 0 Å². The Morgan fingerprint density at radius 3 is 2.20 bits per heavy atom. The molecule has 114 valence electrons. The molecular formula is C15H27N3O2. The van der Waals surface area contributed by atoms with Gasteiger partial charge in [-0.05, 0) is 25.7 Å². The predicted octanol–water partition coefficient (Wildman–Crippen LogP) is 2.47. The Hall–Kier alpha value is -1.26. The summed E-state index contributed by atoms with van der Waals surface area (Å²) in [6, 6.07) is 0.314. The summed E-state index contributed by atoms with van der Waals surface area (Å²) in [6.45, 7) is 0. The van der Waals surface area contributed by atoms with Crippen molar-refractivity contribution in [3.8, 4) is 0 Å². The van der Waals surface area contributed by atoms with Gasteiger partial charge < -0.3 is 15.8 Å². The van der Waals surface area contributed by atoms with Crippen LogP contribution in [0, 0.1) is 5.41 Å². The van der Waals surface area contributed by atoms with Crippen molar-refractivity contribution in [2.75, 3.05) is 7.05 Å². The first-order valence-electron chi connectivity index (χ1n) is 7.87. The molecule has 0 atom stereocenters. The number of nitrogens with two attached hydrogens (primary N) is 1. The fraction of sp³-hybridized carbons (Fsp3) is 0.867. The van der Waals surface area contributed by atoms with Crippen LogP contribution in [0.4, 0.5) is 0 Å². The molecule has 5 nitrogen and oxygen atoms in total. The number of rotatable bonds is 3. The lowest BCUT2D eigenvalue weighted by atomic mass is 9.82. The first-order valence-corrected chi connectivity index (χ1v) is 7.87. The fourth-order valence-corrected chi connectivity index (χ4v) is 3.80. The van der Waals surface area contributed by atoms with Crippen LogP contribution in [0.5, 0.6) is 0 Å². The summed E-state index contributed by atoms with van der Waals surface area (Å²) in [5.41, 5.74) is 5.11. The van der Waals surface area contributed by atoms with E-state index in [-0.39, 0.29) is 11.7 Å². The molecule has 2 fully saturated rings. The van der Waals surface area contributed by atoms with Crippen molar-refractivity contribution < 1.29 is 10.0 Å². The summed E-state index contributed by atoms with van der Waals surface area (Å²) >= 11 is 0. The lowest BCUT2D eigenvalue weighted by molar-refractivity contribution is -0.139. The molecule has 5 heteroatoms. The summed E-state index contributed by atoms with van der Waals surface area (Å²) < 4.78 is 0. The quantitative estimate of drug-likeness (QED) is 0.274. The molecule has 3 N–H and O–H groups in total. The molecule has 0 aliphatic heterocycles. The minimum atomic E-state index is -0.754. The van der Waals surface area contributed by atoms with Gasteiger partial charge in [0.05, 0.1) is 0 Å². The second kappa shape index (κ2) is 6.46. The van der Waals surface area contributed by atoms with E-state index in [1.165, 1.54) is 25.7 Å². The van der Waals surface area contributed by atoms with Gasteiger partial charge in [0.15, 0.2) is 5.84 Å². The molecule has 0 unspecified atom stereocenters. The summed E-state index contributed by atoms with van der Waals surface area (Å²) in [5, 5.41) is 12.2. The molecule has 0 saturated heterocycles. The molecule has 2 aliphatic carbocycles. The maximum atomic E-state index is 12.9. The second-order valence-corrected chi connectivity index (χ2v) is 6.34. The number of hydrogen-bond acceptors (Lipinski definition) is 3. The zero-order valence-corrected chi connectivity index (χ0v) is 12.5. The highest BCUT2D eigenvalue weighted by molar-refractivity contribution is 6.07. The third kappa shape index (κ3) is 2.76. The van der Waals surface area contributed by atoms with E-state index in [4.69, 9.17) is 10.9 Å². The minimum absolute atomic E-state index is 0.0530. The molecule has 0 heterocycles. The van der Waals surface area contributed by atoms with Crippen LogP contribution in [0.1, 0.15) is 64.2 Å². The average Bonchev–Trinajstić information content (AvgIpc) is 2.81. The van der Waals surface area contributed by atoms with Crippen molar-refractivity contribution in [2.24, 2.45) is 16.3 Å². The zero-order chi connectivity index (χ0) is 14.6. The molecule has 2 aliphatic rings. The smallest absolute Gasteiger partial charge is 0.236 e. The highest BCUT2D eigenvalue weighted by atomic mass is 16.4. The van der Waals surface area contributed by atoms with Crippen LogP contribution < -0.4 is 5.73 Å². The molecule has 0 aromatic carbocycles.